The summed E-state index contributed by atoms with van der Waals surface area (Å²) in [7, 11) is 1.73. The zero-order valence-corrected chi connectivity index (χ0v) is 15.3. The number of amides is 2. The maximum atomic E-state index is 12.8. The normalized spacial score (nSPS) is 11.9. The van der Waals surface area contributed by atoms with E-state index in [0.717, 1.165) is 5.56 Å². The van der Waals surface area contributed by atoms with Gasteiger partial charge in [-0.2, -0.15) is 0 Å². The van der Waals surface area contributed by atoms with Gasteiger partial charge in [0.1, 0.15) is 6.04 Å². The van der Waals surface area contributed by atoms with Gasteiger partial charge in [-0.25, -0.2) is 0 Å². The van der Waals surface area contributed by atoms with Crippen molar-refractivity contribution in [3.05, 3.63) is 64.9 Å². The summed E-state index contributed by atoms with van der Waals surface area (Å²) in [5.74, 6) is -0.459. The number of benzene rings is 1. The first-order chi connectivity index (χ1) is 11.9. The van der Waals surface area contributed by atoms with Gasteiger partial charge in [0.15, 0.2) is 0 Å². The first-order valence-electron chi connectivity index (χ1n) is 8.08. The van der Waals surface area contributed by atoms with Crippen molar-refractivity contribution in [1.29, 1.82) is 0 Å². The summed E-state index contributed by atoms with van der Waals surface area (Å²) >= 11 is 5.84. The van der Waals surface area contributed by atoms with E-state index in [1.807, 2.05) is 26.0 Å². The molecule has 0 spiro atoms. The highest BCUT2D eigenvalue weighted by Gasteiger charge is 2.27. The number of nitrogens with zero attached hydrogens (tertiary/aromatic N) is 2. The monoisotopic (exact) mass is 359 g/mol. The third-order valence-electron chi connectivity index (χ3n) is 3.87. The van der Waals surface area contributed by atoms with Crippen LogP contribution in [-0.4, -0.2) is 34.8 Å². The molecule has 1 aromatic heterocycles. The Kier molecular flexibility index (Phi) is 6.53. The highest BCUT2D eigenvalue weighted by molar-refractivity contribution is 6.30. The minimum Gasteiger partial charge on any atom is -0.340 e. The van der Waals surface area contributed by atoms with Crippen LogP contribution in [-0.2, 0) is 11.3 Å². The van der Waals surface area contributed by atoms with Gasteiger partial charge < -0.3 is 10.2 Å². The molecule has 0 saturated heterocycles. The summed E-state index contributed by atoms with van der Waals surface area (Å²) in [6, 6.07) is 9.70. The molecule has 25 heavy (non-hydrogen) atoms. The van der Waals surface area contributed by atoms with E-state index in [9.17, 15) is 9.59 Å². The van der Waals surface area contributed by atoms with Crippen LogP contribution >= 0.6 is 11.6 Å². The molecular formula is C19H22ClN3O2. The Balaban J connectivity index is 2.07. The number of halogens is 1. The molecule has 1 aromatic carbocycles. The highest BCUT2D eigenvalue weighted by Crippen LogP contribution is 2.12. The van der Waals surface area contributed by atoms with E-state index in [4.69, 9.17) is 11.6 Å². The lowest BCUT2D eigenvalue weighted by Gasteiger charge is -2.27. The lowest BCUT2D eigenvalue weighted by atomic mass is 10.0. The SMILES string of the molecule is CC(C)C(NC(=O)c1ccc(Cl)cc1)C(=O)N(C)Cc1ccncc1. The average Bonchev–Trinajstić information content (AvgIpc) is 2.60. The molecule has 5 nitrogen and oxygen atoms in total. The van der Waals surface area contributed by atoms with Crippen LogP contribution in [0.1, 0.15) is 29.8 Å². The Labute approximate surface area is 153 Å². The third-order valence-corrected chi connectivity index (χ3v) is 4.12. The highest BCUT2D eigenvalue weighted by atomic mass is 35.5. The average molecular weight is 360 g/mol. The maximum absolute atomic E-state index is 12.8. The molecule has 0 saturated carbocycles. The number of hydrogen-bond acceptors (Lipinski definition) is 3. The van der Waals surface area contributed by atoms with Gasteiger partial charge in [0.2, 0.25) is 5.91 Å². The van der Waals surface area contributed by atoms with Gasteiger partial charge in [0.25, 0.3) is 5.91 Å². The Morgan fingerprint density at radius 3 is 2.28 bits per heavy atom. The fraction of sp³-hybridized carbons (Fsp3) is 0.316. The zero-order valence-electron chi connectivity index (χ0n) is 14.6. The summed E-state index contributed by atoms with van der Waals surface area (Å²) in [5.41, 5.74) is 1.46. The summed E-state index contributed by atoms with van der Waals surface area (Å²) < 4.78 is 0. The van der Waals surface area contributed by atoms with E-state index in [2.05, 4.69) is 10.3 Å². The molecule has 1 atom stereocenters. The molecule has 6 heteroatoms. The molecule has 0 aliphatic rings. The van der Waals surface area contributed by atoms with Crippen molar-refractivity contribution < 1.29 is 9.59 Å². The zero-order chi connectivity index (χ0) is 18.4. The number of pyridine rings is 1. The molecule has 0 aliphatic carbocycles. The van der Waals surface area contributed by atoms with Crippen LogP contribution in [0.2, 0.25) is 5.02 Å². The van der Waals surface area contributed by atoms with Crippen molar-refractivity contribution in [2.45, 2.75) is 26.4 Å². The molecule has 0 fully saturated rings. The summed E-state index contributed by atoms with van der Waals surface area (Å²) in [4.78, 5) is 30.8. The van der Waals surface area contributed by atoms with Gasteiger partial charge in [0, 0.05) is 36.6 Å². The minimum absolute atomic E-state index is 0.0383. The standard InChI is InChI=1S/C19H22ClN3O2/c1-13(2)17(22-18(24)15-4-6-16(20)7-5-15)19(25)23(3)12-14-8-10-21-11-9-14/h4-11,13,17H,12H2,1-3H3,(H,22,24). The van der Waals surface area contributed by atoms with Crippen LogP contribution in [0.4, 0.5) is 0 Å². The number of nitrogens with one attached hydrogen (secondary N) is 1. The molecule has 1 heterocycles. The predicted molar refractivity (Wildman–Crippen MR) is 98.3 cm³/mol. The minimum atomic E-state index is -0.602. The van der Waals surface area contributed by atoms with Crippen molar-refractivity contribution in [1.82, 2.24) is 15.2 Å². The molecule has 132 valence electrons. The molecule has 1 N–H and O–H groups in total. The van der Waals surface area contributed by atoms with Gasteiger partial charge in [-0.05, 0) is 47.9 Å². The predicted octanol–water partition coefficient (Wildman–Crippen LogP) is 3.15. The number of hydrogen-bond donors (Lipinski definition) is 1. The molecule has 2 amide bonds. The Morgan fingerprint density at radius 1 is 1.12 bits per heavy atom. The van der Waals surface area contributed by atoms with E-state index < -0.39 is 6.04 Å². The van der Waals surface area contributed by atoms with E-state index in [-0.39, 0.29) is 17.7 Å². The second-order valence-electron chi connectivity index (χ2n) is 6.25. The van der Waals surface area contributed by atoms with Gasteiger partial charge in [0.05, 0.1) is 0 Å². The number of carbonyl (C=O) groups is 2. The first kappa shape index (κ1) is 18.9. The van der Waals surface area contributed by atoms with Gasteiger partial charge in [-0.1, -0.05) is 25.4 Å². The molecular weight excluding hydrogens is 338 g/mol. The maximum Gasteiger partial charge on any atom is 0.251 e. The van der Waals surface area contributed by atoms with E-state index in [0.29, 0.717) is 17.1 Å². The van der Waals surface area contributed by atoms with Crippen molar-refractivity contribution in [2.75, 3.05) is 7.05 Å². The molecule has 0 bridgehead atoms. The van der Waals surface area contributed by atoms with Crippen LogP contribution in [0.5, 0.6) is 0 Å². The summed E-state index contributed by atoms with van der Waals surface area (Å²) in [6.07, 6.45) is 3.38. The first-order valence-corrected chi connectivity index (χ1v) is 8.46. The van der Waals surface area contributed by atoms with Crippen LogP contribution in [0, 0.1) is 5.92 Å². The number of rotatable bonds is 6. The number of carbonyl (C=O) groups excluding carboxylic acids is 2. The lowest BCUT2D eigenvalue weighted by Crippen LogP contribution is -2.50. The molecule has 0 radical (unpaired) electrons. The topological polar surface area (TPSA) is 62.3 Å². The number of likely N-dealkylation sites (N-methyl/N-ethyl adjacent to an activating group) is 1. The van der Waals surface area contributed by atoms with E-state index in [1.165, 1.54) is 0 Å². The van der Waals surface area contributed by atoms with Crippen molar-refractivity contribution >= 4 is 23.4 Å². The quantitative estimate of drug-likeness (QED) is 0.861. The fourth-order valence-corrected chi connectivity index (χ4v) is 2.54. The lowest BCUT2D eigenvalue weighted by molar-refractivity contribution is -0.133. The number of aromatic nitrogens is 1. The Morgan fingerprint density at radius 2 is 1.72 bits per heavy atom. The molecule has 2 aromatic rings. The largest absolute Gasteiger partial charge is 0.340 e. The molecule has 0 aliphatic heterocycles. The summed E-state index contributed by atoms with van der Waals surface area (Å²) in [6.45, 7) is 4.28. The second kappa shape index (κ2) is 8.62. The summed E-state index contributed by atoms with van der Waals surface area (Å²) in [5, 5.41) is 3.39. The van der Waals surface area contributed by atoms with Crippen LogP contribution in [0.15, 0.2) is 48.8 Å². The Bertz CT molecular complexity index is 717. The van der Waals surface area contributed by atoms with Crippen LogP contribution in [0.3, 0.4) is 0 Å². The second-order valence-corrected chi connectivity index (χ2v) is 6.69. The van der Waals surface area contributed by atoms with Crippen LogP contribution in [0.25, 0.3) is 0 Å². The van der Waals surface area contributed by atoms with Crippen molar-refractivity contribution in [2.24, 2.45) is 5.92 Å². The fourth-order valence-electron chi connectivity index (χ4n) is 2.42. The van der Waals surface area contributed by atoms with E-state index >= 15 is 0 Å². The Hall–Kier alpha value is -2.40. The van der Waals surface area contributed by atoms with Gasteiger partial charge >= 0.3 is 0 Å². The van der Waals surface area contributed by atoms with E-state index in [1.54, 1.807) is 48.6 Å². The van der Waals surface area contributed by atoms with Gasteiger partial charge in [-0.15, -0.1) is 0 Å². The van der Waals surface area contributed by atoms with Crippen molar-refractivity contribution in [3.63, 3.8) is 0 Å². The smallest absolute Gasteiger partial charge is 0.251 e. The van der Waals surface area contributed by atoms with Crippen molar-refractivity contribution in [3.8, 4) is 0 Å². The third kappa shape index (κ3) is 5.29. The molecule has 1 unspecified atom stereocenters. The van der Waals surface area contributed by atoms with Crippen LogP contribution < -0.4 is 5.32 Å². The molecule has 2 rings (SSSR count). The van der Waals surface area contributed by atoms with Gasteiger partial charge in [-0.3, -0.25) is 14.6 Å².